The summed E-state index contributed by atoms with van der Waals surface area (Å²) in [5.41, 5.74) is 2.43. The van der Waals surface area contributed by atoms with Crippen molar-refractivity contribution in [1.29, 1.82) is 0 Å². The van der Waals surface area contributed by atoms with Crippen molar-refractivity contribution in [2.75, 3.05) is 0 Å². The van der Waals surface area contributed by atoms with Crippen molar-refractivity contribution in [3.05, 3.63) is 71.3 Å². The maximum atomic E-state index is 11.9. The van der Waals surface area contributed by atoms with Crippen LogP contribution in [-0.4, -0.2) is 13.5 Å². The van der Waals surface area contributed by atoms with E-state index in [1.807, 2.05) is 18.2 Å². The summed E-state index contributed by atoms with van der Waals surface area (Å²) in [6, 6.07) is 16.2. The van der Waals surface area contributed by atoms with Crippen molar-refractivity contribution in [3.8, 4) is 0 Å². The van der Waals surface area contributed by atoms with Crippen molar-refractivity contribution in [2.24, 2.45) is 0 Å². The number of nitrogens with one attached hydrogen (secondary N) is 1. The molecule has 0 aliphatic carbocycles. The van der Waals surface area contributed by atoms with E-state index < -0.39 is 10.0 Å². The Balaban J connectivity index is 1.95. The molecule has 0 heterocycles. The van der Waals surface area contributed by atoms with Crippen LogP contribution in [0.25, 0.3) is 0 Å². The molecular formula is C15H17NO3S. The van der Waals surface area contributed by atoms with Crippen LogP contribution in [0.1, 0.15) is 16.7 Å². The maximum absolute atomic E-state index is 11.9. The first kappa shape index (κ1) is 14.7. The second-order valence-corrected chi connectivity index (χ2v) is 6.35. The van der Waals surface area contributed by atoms with Gasteiger partial charge in [0.05, 0.1) is 12.4 Å². The Morgan fingerprint density at radius 2 is 1.45 bits per heavy atom. The molecule has 2 aromatic rings. The summed E-state index contributed by atoms with van der Waals surface area (Å²) < 4.78 is 26.5. The molecule has 2 rings (SSSR count). The van der Waals surface area contributed by atoms with Gasteiger partial charge >= 0.3 is 0 Å². The molecule has 0 radical (unpaired) electrons. The first-order valence-electron chi connectivity index (χ1n) is 6.29. The monoisotopic (exact) mass is 291 g/mol. The summed E-state index contributed by atoms with van der Waals surface area (Å²) in [6.07, 6.45) is 0. The number of rotatable bonds is 6. The number of benzene rings is 2. The van der Waals surface area contributed by atoms with Crippen LogP contribution in [-0.2, 0) is 28.9 Å². The zero-order valence-electron chi connectivity index (χ0n) is 11.0. The number of aliphatic hydroxyl groups is 1. The molecule has 0 bridgehead atoms. The number of aliphatic hydroxyl groups excluding tert-OH is 1. The normalized spacial score (nSPS) is 11.4. The van der Waals surface area contributed by atoms with Gasteiger partial charge in [0.2, 0.25) is 10.0 Å². The summed E-state index contributed by atoms with van der Waals surface area (Å²) in [7, 11) is -3.35. The van der Waals surface area contributed by atoms with Gasteiger partial charge in [0, 0.05) is 6.54 Å². The quantitative estimate of drug-likeness (QED) is 0.853. The van der Waals surface area contributed by atoms with Gasteiger partial charge < -0.3 is 5.11 Å². The number of sulfonamides is 1. The Kier molecular flexibility index (Phi) is 4.89. The van der Waals surface area contributed by atoms with Gasteiger partial charge in [0.1, 0.15) is 0 Å². The van der Waals surface area contributed by atoms with Crippen LogP contribution < -0.4 is 4.72 Å². The van der Waals surface area contributed by atoms with Crippen molar-refractivity contribution >= 4 is 10.0 Å². The molecule has 2 aromatic carbocycles. The fourth-order valence-electron chi connectivity index (χ4n) is 1.80. The van der Waals surface area contributed by atoms with E-state index in [1.165, 1.54) is 0 Å². The van der Waals surface area contributed by atoms with Gasteiger partial charge in [0.15, 0.2) is 0 Å². The first-order valence-corrected chi connectivity index (χ1v) is 7.94. The van der Waals surface area contributed by atoms with Gasteiger partial charge in [-0.25, -0.2) is 13.1 Å². The lowest BCUT2D eigenvalue weighted by Gasteiger charge is -2.07. The third-order valence-corrected chi connectivity index (χ3v) is 4.20. The molecule has 2 N–H and O–H groups in total. The number of hydrogen-bond donors (Lipinski definition) is 2. The van der Waals surface area contributed by atoms with E-state index in [2.05, 4.69) is 4.72 Å². The summed E-state index contributed by atoms with van der Waals surface area (Å²) in [6.45, 7) is 0.237. The van der Waals surface area contributed by atoms with Gasteiger partial charge in [0.25, 0.3) is 0 Å². The average molecular weight is 291 g/mol. The van der Waals surface area contributed by atoms with Gasteiger partial charge in [-0.15, -0.1) is 0 Å². The van der Waals surface area contributed by atoms with Crippen molar-refractivity contribution < 1.29 is 13.5 Å². The zero-order valence-corrected chi connectivity index (χ0v) is 11.8. The predicted octanol–water partition coefficient (Wildman–Crippen LogP) is 1.80. The molecule has 5 heteroatoms. The highest BCUT2D eigenvalue weighted by molar-refractivity contribution is 7.88. The predicted molar refractivity (Wildman–Crippen MR) is 78.3 cm³/mol. The van der Waals surface area contributed by atoms with Crippen LogP contribution >= 0.6 is 0 Å². The van der Waals surface area contributed by atoms with E-state index in [9.17, 15) is 8.42 Å². The van der Waals surface area contributed by atoms with Crippen LogP contribution in [0.5, 0.6) is 0 Å². The molecule has 0 unspecified atom stereocenters. The highest BCUT2D eigenvalue weighted by Gasteiger charge is 2.10. The van der Waals surface area contributed by atoms with Crippen molar-refractivity contribution in [2.45, 2.75) is 18.9 Å². The lowest BCUT2D eigenvalue weighted by atomic mass is 10.1. The van der Waals surface area contributed by atoms with E-state index in [0.29, 0.717) is 0 Å². The summed E-state index contributed by atoms with van der Waals surface area (Å²) in [4.78, 5) is 0. The van der Waals surface area contributed by atoms with Crippen molar-refractivity contribution in [1.82, 2.24) is 4.72 Å². The van der Waals surface area contributed by atoms with E-state index in [1.54, 1.807) is 36.4 Å². The lowest BCUT2D eigenvalue weighted by Crippen LogP contribution is -2.24. The Morgan fingerprint density at radius 3 is 2.05 bits per heavy atom. The standard InChI is InChI=1S/C15H17NO3S/c17-11-14-8-6-13(7-9-14)10-16-20(18,19)12-15-4-2-1-3-5-15/h1-9,16-17H,10-12H2. The fraction of sp³-hybridized carbons (Fsp3) is 0.200. The molecule has 0 saturated carbocycles. The number of hydrogen-bond acceptors (Lipinski definition) is 3. The van der Waals surface area contributed by atoms with Gasteiger partial charge in [-0.2, -0.15) is 0 Å². The molecule has 0 saturated heterocycles. The van der Waals surface area contributed by atoms with Crippen molar-refractivity contribution in [3.63, 3.8) is 0 Å². The van der Waals surface area contributed by atoms with Crippen LogP contribution in [0.2, 0.25) is 0 Å². The van der Waals surface area contributed by atoms with E-state index in [0.717, 1.165) is 16.7 Å². The summed E-state index contributed by atoms with van der Waals surface area (Å²) in [5, 5.41) is 8.94. The second kappa shape index (κ2) is 6.65. The van der Waals surface area contributed by atoms with Gasteiger partial charge in [-0.3, -0.25) is 0 Å². The fourth-order valence-corrected chi connectivity index (χ4v) is 2.92. The van der Waals surface area contributed by atoms with Crippen LogP contribution in [0, 0.1) is 0 Å². The molecule has 4 nitrogen and oxygen atoms in total. The molecule has 0 fully saturated rings. The smallest absolute Gasteiger partial charge is 0.216 e. The topological polar surface area (TPSA) is 66.4 Å². The maximum Gasteiger partial charge on any atom is 0.216 e. The molecule has 0 amide bonds. The highest BCUT2D eigenvalue weighted by atomic mass is 32.2. The molecule has 0 aliphatic rings. The minimum absolute atomic E-state index is 0.0139. The lowest BCUT2D eigenvalue weighted by molar-refractivity contribution is 0.282. The van der Waals surface area contributed by atoms with E-state index >= 15 is 0 Å². The van der Waals surface area contributed by atoms with Gasteiger partial charge in [-0.05, 0) is 16.7 Å². The van der Waals surface area contributed by atoms with E-state index in [4.69, 9.17) is 5.11 Å². The summed E-state index contributed by atoms with van der Waals surface area (Å²) in [5.74, 6) is -0.0252. The van der Waals surface area contributed by atoms with Crippen LogP contribution in [0.4, 0.5) is 0 Å². The minimum Gasteiger partial charge on any atom is -0.392 e. The highest BCUT2D eigenvalue weighted by Crippen LogP contribution is 2.07. The largest absolute Gasteiger partial charge is 0.392 e. The molecule has 0 atom stereocenters. The Morgan fingerprint density at radius 1 is 0.850 bits per heavy atom. The SMILES string of the molecule is O=S(=O)(Cc1ccccc1)NCc1ccc(CO)cc1. The molecule has 0 aliphatic heterocycles. The average Bonchev–Trinajstić information content (AvgIpc) is 2.46. The summed E-state index contributed by atoms with van der Waals surface area (Å²) >= 11 is 0. The molecule has 20 heavy (non-hydrogen) atoms. The third kappa shape index (κ3) is 4.45. The minimum atomic E-state index is -3.35. The van der Waals surface area contributed by atoms with Crippen LogP contribution in [0.3, 0.4) is 0 Å². The van der Waals surface area contributed by atoms with Crippen LogP contribution in [0.15, 0.2) is 54.6 Å². The Hall–Kier alpha value is -1.69. The molecular weight excluding hydrogens is 274 g/mol. The molecule has 106 valence electrons. The molecule has 0 aromatic heterocycles. The zero-order chi connectivity index (χ0) is 14.4. The first-order chi connectivity index (χ1) is 9.59. The third-order valence-electron chi connectivity index (χ3n) is 2.90. The van der Waals surface area contributed by atoms with E-state index in [-0.39, 0.29) is 18.9 Å². The van der Waals surface area contributed by atoms with Gasteiger partial charge in [-0.1, -0.05) is 54.6 Å². The second-order valence-electron chi connectivity index (χ2n) is 4.54. The Labute approximate surface area is 119 Å². The Bertz CT molecular complexity index is 637. The molecule has 0 spiro atoms.